The molecule has 0 aliphatic carbocycles. The van der Waals surface area contributed by atoms with Gasteiger partial charge in [0.05, 0.1) is 19.3 Å². The van der Waals surface area contributed by atoms with E-state index in [-0.39, 0.29) is 19.6 Å². The standard InChI is InChI=1S/C33H34N2O7/c1-4-38-31(37)28(35-34)25(36)20-26-29-30(42-32(2,3)41-29)27(40-26)21-39-33(22-14-8-5-9-15-22,23-16-10-6-11-17-23)24-18-12-7-13-19-24/h5-19,26-27,29-30H,4,20-21H2,1-3H3. The number of rotatable bonds is 11. The quantitative estimate of drug-likeness (QED) is 0.0834. The summed E-state index contributed by atoms with van der Waals surface area (Å²) in [6, 6.07) is 29.9. The van der Waals surface area contributed by atoms with Crippen LogP contribution >= 0.6 is 0 Å². The first kappa shape index (κ1) is 29.5. The average Bonchev–Trinajstić information content (AvgIpc) is 3.48. The Labute approximate surface area is 244 Å². The molecule has 2 fully saturated rings. The molecule has 3 aromatic carbocycles. The fraction of sp³-hybridized carbons (Fsp3) is 0.364. The van der Waals surface area contributed by atoms with Crippen molar-refractivity contribution in [2.24, 2.45) is 0 Å². The zero-order chi connectivity index (χ0) is 29.7. The molecule has 42 heavy (non-hydrogen) atoms. The summed E-state index contributed by atoms with van der Waals surface area (Å²) in [7, 11) is 0. The summed E-state index contributed by atoms with van der Waals surface area (Å²) >= 11 is 0. The van der Waals surface area contributed by atoms with E-state index in [1.165, 1.54) is 0 Å². The van der Waals surface area contributed by atoms with Crippen LogP contribution < -0.4 is 0 Å². The van der Waals surface area contributed by atoms with Crippen LogP contribution in [0.15, 0.2) is 91.0 Å². The molecule has 5 rings (SSSR count). The van der Waals surface area contributed by atoms with E-state index in [1.807, 2.05) is 91.0 Å². The van der Waals surface area contributed by atoms with Crippen LogP contribution in [0.4, 0.5) is 0 Å². The molecule has 2 aliphatic rings. The van der Waals surface area contributed by atoms with Gasteiger partial charge in [-0.2, -0.15) is 4.79 Å². The lowest BCUT2D eigenvalue weighted by atomic mass is 9.80. The minimum absolute atomic E-state index is 0.0340. The summed E-state index contributed by atoms with van der Waals surface area (Å²) in [5.74, 6) is -2.65. The van der Waals surface area contributed by atoms with Crippen LogP contribution in [0.25, 0.3) is 5.53 Å². The van der Waals surface area contributed by atoms with Gasteiger partial charge in [-0.3, -0.25) is 4.79 Å². The summed E-state index contributed by atoms with van der Waals surface area (Å²) < 4.78 is 30.6. The van der Waals surface area contributed by atoms with Gasteiger partial charge >= 0.3 is 11.7 Å². The Kier molecular flexibility index (Phi) is 8.77. The number of nitrogens with zero attached hydrogens (tertiary/aromatic N) is 2. The summed E-state index contributed by atoms with van der Waals surface area (Å²) in [5, 5.41) is 0. The second-order valence-corrected chi connectivity index (χ2v) is 10.7. The molecule has 2 aliphatic heterocycles. The molecule has 4 unspecified atom stereocenters. The van der Waals surface area contributed by atoms with E-state index in [0.717, 1.165) is 16.7 Å². The molecule has 0 saturated carbocycles. The van der Waals surface area contributed by atoms with Crippen molar-refractivity contribution in [2.45, 2.75) is 63.0 Å². The number of Topliss-reactive ketones (excluding diaryl/α,β-unsaturated/α-hetero) is 1. The monoisotopic (exact) mass is 570 g/mol. The Morgan fingerprint density at radius 1 is 0.833 bits per heavy atom. The number of carbonyl (C=O) groups is 2. The molecular formula is C33H34N2O7. The number of esters is 1. The number of hydrogen-bond donors (Lipinski definition) is 0. The van der Waals surface area contributed by atoms with E-state index >= 15 is 0 Å². The molecule has 0 radical (unpaired) electrons. The molecule has 3 aromatic rings. The highest BCUT2D eigenvalue weighted by atomic mass is 16.8. The molecular weight excluding hydrogens is 536 g/mol. The molecule has 2 heterocycles. The fourth-order valence-electron chi connectivity index (χ4n) is 5.74. The topological polar surface area (TPSA) is 117 Å². The Morgan fingerprint density at radius 3 is 1.76 bits per heavy atom. The zero-order valence-corrected chi connectivity index (χ0v) is 23.8. The smallest absolute Gasteiger partial charge is 0.441 e. The van der Waals surface area contributed by atoms with E-state index in [9.17, 15) is 15.1 Å². The highest BCUT2D eigenvalue weighted by Gasteiger charge is 2.56. The summed E-state index contributed by atoms with van der Waals surface area (Å²) in [6.45, 7) is 5.32. The lowest BCUT2D eigenvalue weighted by molar-refractivity contribution is -0.196. The average molecular weight is 571 g/mol. The highest BCUT2D eigenvalue weighted by Crippen LogP contribution is 2.44. The normalized spacial score (nSPS) is 22.6. The van der Waals surface area contributed by atoms with Crippen LogP contribution in [-0.2, 0) is 38.9 Å². The van der Waals surface area contributed by atoms with E-state index in [1.54, 1.807) is 20.8 Å². The first-order chi connectivity index (χ1) is 20.3. The summed E-state index contributed by atoms with van der Waals surface area (Å²) in [5.41, 5.74) is 10.5. The largest absolute Gasteiger partial charge is 0.457 e. The van der Waals surface area contributed by atoms with Crippen molar-refractivity contribution in [3.63, 3.8) is 0 Å². The van der Waals surface area contributed by atoms with Crippen LogP contribution in [0.3, 0.4) is 0 Å². The second kappa shape index (κ2) is 12.5. The Morgan fingerprint density at radius 2 is 1.31 bits per heavy atom. The third kappa shape index (κ3) is 5.83. The number of carbonyl (C=O) groups excluding carboxylic acids is 2. The van der Waals surface area contributed by atoms with Crippen molar-refractivity contribution in [3.8, 4) is 0 Å². The molecule has 4 atom stereocenters. The number of ketones is 1. The SMILES string of the molecule is CCOC(=O)C(=[N+]=[N-])C(=O)CC1OC(COC(c2ccccc2)(c2ccccc2)c2ccccc2)C2OC(C)(C)OC12. The second-order valence-electron chi connectivity index (χ2n) is 10.7. The molecule has 0 bridgehead atoms. The van der Waals surface area contributed by atoms with Crippen molar-refractivity contribution < 1.29 is 38.1 Å². The molecule has 0 N–H and O–H groups in total. The summed E-state index contributed by atoms with van der Waals surface area (Å²) in [4.78, 5) is 28.0. The number of hydrogen-bond acceptors (Lipinski definition) is 7. The minimum Gasteiger partial charge on any atom is -0.457 e. The molecule has 2 saturated heterocycles. The van der Waals surface area contributed by atoms with Gasteiger partial charge < -0.3 is 29.2 Å². The number of fused-ring (bicyclic) bond motifs is 1. The van der Waals surface area contributed by atoms with Crippen LogP contribution in [0.5, 0.6) is 0 Å². The first-order valence-electron chi connectivity index (χ1n) is 14.0. The lowest BCUT2D eigenvalue weighted by Gasteiger charge is -2.37. The maximum Gasteiger partial charge on any atom is 0.441 e. The van der Waals surface area contributed by atoms with Gasteiger partial charge in [0.2, 0.25) is 0 Å². The molecule has 9 nitrogen and oxygen atoms in total. The summed E-state index contributed by atoms with van der Waals surface area (Å²) in [6.07, 6.45) is -2.81. The van der Waals surface area contributed by atoms with Crippen molar-refractivity contribution >= 4 is 17.5 Å². The van der Waals surface area contributed by atoms with Gasteiger partial charge in [0.15, 0.2) is 5.79 Å². The van der Waals surface area contributed by atoms with Crippen LogP contribution in [-0.4, -0.2) is 65.7 Å². The van der Waals surface area contributed by atoms with Crippen LogP contribution in [0.2, 0.25) is 0 Å². The first-order valence-corrected chi connectivity index (χ1v) is 14.0. The van der Waals surface area contributed by atoms with Crippen molar-refractivity contribution in [1.82, 2.24) is 0 Å². The van der Waals surface area contributed by atoms with Gasteiger partial charge in [0.25, 0.3) is 5.78 Å². The van der Waals surface area contributed by atoms with Gasteiger partial charge in [-0.05, 0) is 37.5 Å². The van der Waals surface area contributed by atoms with Crippen LogP contribution in [0.1, 0.15) is 43.9 Å². The molecule has 0 spiro atoms. The fourth-order valence-corrected chi connectivity index (χ4v) is 5.74. The third-order valence-corrected chi connectivity index (χ3v) is 7.47. The molecule has 218 valence electrons. The maximum absolute atomic E-state index is 13.0. The van der Waals surface area contributed by atoms with E-state index in [4.69, 9.17) is 23.7 Å². The van der Waals surface area contributed by atoms with Crippen LogP contribution in [0, 0.1) is 0 Å². The molecule has 9 heteroatoms. The van der Waals surface area contributed by atoms with Crippen molar-refractivity contribution in [3.05, 3.63) is 113 Å². The van der Waals surface area contributed by atoms with Gasteiger partial charge in [0.1, 0.15) is 23.9 Å². The van der Waals surface area contributed by atoms with Crippen molar-refractivity contribution in [2.75, 3.05) is 13.2 Å². The number of ether oxygens (including phenoxy) is 5. The van der Waals surface area contributed by atoms with E-state index in [2.05, 4.69) is 4.79 Å². The number of benzene rings is 3. The Balaban J connectivity index is 1.47. The van der Waals surface area contributed by atoms with Gasteiger partial charge in [-0.15, -0.1) is 0 Å². The molecule has 0 aromatic heterocycles. The minimum atomic E-state index is -0.998. The van der Waals surface area contributed by atoms with E-state index in [0.29, 0.717) is 0 Å². The maximum atomic E-state index is 13.0. The van der Waals surface area contributed by atoms with Gasteiger partial charge in [-0.25, -0.2) is 4.79 Å². The predicted octanol–water partition coefficient (Wildman–Crippen LogP) is 4.48. The lowest BCUT2D eigenvalue weighted by Crippen LogP contribution is -2.39. The van der Waals surface area contributed by atoms with Crippen molar-refractivity contribution in [1.29, 1.82) is 0 Å². The Bertz CT molecular complexity index is 1340. The predicted molar refractivity (Wildman–Crippen MR) is 153 cm³/mol. The third-order valence-electron chi connectivity index (χ3n) is 7.47. The van der Waals surface area contributed by atoms with E-state index < -0.39 is 53.3 Å². The van der Waals surface area contributed by atoms with Gasteiger partial charge in [0, 0.05) is 6.42 Å². The highest BCUT2D eigenvalue weighted by molar-refractivity contribution is 6.62. The Hall–Kier alpha value is -3.98. The van der Waals surface area contributed by atoms with Gasteiger partial charge in [-0.1, -0.05) is 91.0 Å². The molecule has 0 amide bonds. The zero-order valence-electron chi connectivity index (χ0n) is 23.8.